The lowest BCUT2D eigenvalue weighted by atomic mass is 9.79. The molecule has 158 valence electrons. The summed E-state index contributed by atoms with van der Waals surface area (Å²) in [5.41, 5.74) is 3.46. The Morgan fingerprint density at radius 2 is 1.80 bits per heavy atom. The van der Waals surface area contributed by atoms with Crippen molar-refractivity contribution < 1.29 is 4.39 Å². The monoisotopic (exact) mass is 406 g/mol. The fourth-order valence-corrected chi connectivity index (χ4v) is 4.23. The molecule has 0 bridgehead atoms. The van der Waals surface area contributed by atoms with E-state index < -0.39 is 0 Å². The second kappa shape index (κ2) is 8.31. The highest BCUT2D eigenvalue weighted by Gasteiger charge is 2.29. The van der Waals surface area contributed by atoms with Gasteiger partial charge in [0.2, 0.25) is 0 Å². The van der Waals surface area contributed by atoms with Gasteiger partial charge in [0.15, 0.2) is 11.6 Å². The summed E-state index contributed by atoms with van der Waals surface area (Å²) < 4.78 is 15.3. The summed E-state index contributed by atoms with van der Waals surface area (Å²) in [5, 5.41) is 8.45. The molecular formula is C25H31FN4. The maximum absolute atomic E-state index is 13.5. The lowest BCUT2D eigenvalue weighted by Gasteiger charge is -2.35. The number of nitrogens with one attached hydrogen (secondary N) is 1. The van der Waals surface area contributed by atoms with Gasteiger partial charge in [0.05, 0.1) is 5.69 Å². The normalized spacial score (nSPS) is 18.7. The van der Waals surface area contributed by atoms with Crippen molar-refractivity contribution in [2.75, 3.05) is 6.54 Å². The van der Waals surface area contributed by atoms with Crippen molar-refractivity contribution in [1.29, 1.82) is 0 Å². The lowest BCUT2D eigenvalue weighted by Crippen LogP contribution is -2.43. The molecule has 0 aliphatic carbocycles. The van der Waals surface area contributed by atoms with E-state index in [9.17, 15) is 4.39 Å². The van der Waals surface area contributed by atoms with Crippen LogP contribution in [0.4, 0.5) is 4.39 Å². The number of piperidine rings is 1. The molecule has 30 heavy (non-hydrogen) atoms. The first-order chi connectivity index (χ1) is 14.3. The van der Waals surface area contributed by atoms with E-state index in [4.69, 9.17) is 10.1 Å². The number of hydrogen-bond acceptors (Lipinski definition) is 3. The Morgan fingerprint density at radius 3 is 2.43 bits per heavy atom. The molecule has 0 amide bonds. The van der Waals surface area contributed by atoms with E-state index in [-0.39, 0.29) is 5.82 Å². The smallest absolute Gasteiger partial charge is 0.163 e. The Hall–Kier alpha value is -2.53. The molecule has 1 saturated heterocycles. The van der Waals surface area contributed by atoms with Crippen LogP contribution in [0.3, 0.4) is 0 Å². The second-order valence-corrected chi connectivity index (χ2v) is 9.49. The van der Waals surface area contributed by atoms with Gasteiger partial charge >= 0.3 is 0 Å². The zero-order valence-electron chi connectivity index (χ0n) is 18.3. The van der Waals surface area contributed by atoms with E-state index in [0.717, 1.165) is 42.3 Å². The summed E-state index contributed by atoms with van der Waals surface area (Å²) in [5.74, 6) is 1.83. The quantitative estimate of drug-likeness (QED) is 0.607. The molecule has 1 N–H and O–H groups in total. The van der Waals surface area contributed by atoms with E-state index in [1.165, 1.54) is 24.1 Å². The molecule has 1 aliphatic rings. The molecule has 3 aromatic rings. The molecule has 4 nitrogen and oxygen atoms in total. The highest BCUT2D eigenvalue weighted by Crippen LogP contribution is 2.31. The highest BCUT2D eigenvalue weighted by atomic mass is 19.1. The second-order valence-electron chi connectivity index (χ2n) is 9.49. The number of benzene rings is 2. The largest absolute Gasteiger partial charge is 0.313 e. The summed E-state index contributed by atoms with van der Waals surface area (Å²) in [7, 11) is 0. The molecule has 4 rings (SSSR count). The van der Waals surface area contributed by atoms with Crippen molar-refractivity contribution in [2.45, 2.75) is 58.9 Å². The summed E-state index contributed by atoms with van der Waals surface area (Å²) in [4.78, 5) is 4.91. The van der Waals surface area contributed by atoms with Crippen LogP contribution in [0.5, 0.6) is 0 Å². The number of hydrogen-bond donors (Lipinski definition) is 1. The van der Waals surface area contributed by atoms with Gasteiger partial charge in [-0.2, -0.15) is 5.10 Å². The van der Waals surface area contributed by atoms with Crippen LogP contribution in [0.1, 0.15) is 57.8 Å². The third-order valence-corrected chi connectivity index (χ3v) is 6.02. The van der Waals surface area contributed by atoms with E-state index >= 15 is 0 Å². The van der Waals surface area contributed by atoms with Gasteiger partial charge in [-0.05, 0) is 60.5 Å². The third kappa shape index (κ3) is 4.62. The van der Waals surface area contributed by atoms with Crippen LogP contribution >= 0.6 is 0 Å². The average Bonchev–Trinajstić information content (AvgIpc) is 3.11. The number of aromatic nitrogens is 3. The summed E-state index contributed by atoms with van der Waals surface area (Å²) in [6.07, 6.45) is 3.08. The number of halogens is 1. The van der Waals surface area contributed by atoms with Gasteiger partial charge in [-0.25, -0.2) is 14.1 Å². The van der Waals surface area contributed by atoms with Crippen molar-refractivity contribution in [1.82, 2.24) is 20.1 Å². The molecule has 1 aliphatic heterocycles. The van der Waals surface area contributed by atoms with Crippen molar-refractivity contribution in [3.8, 4) is 17.1 Å². The van der Waals surface area contributed by atoms with Gasteiger partial charge in [-0.15, -0.1) is 0 Å². The van der Waals surface area contributed by atoms with Crippen LogP contribution in [0.25, 0.3) is 17.1 Å². The number of nitrogens with zero attached hydrogens (tertiary/aromatic N) is 3. The molecule has 1 atom stereocenters. The molecule has 5 heteroatoms. The molecule has 2 aromatic carbocycles. The Kier molecular flexibility index (Phi) is 5.74. The Labute approximate surface area is 178 Å². The van der Waals surface area contributed by atoms with Crippen molar-refractivity contribution in [2.24, 2.45) is 5.41 Å². The first-order valence-corrected chi connectivity index (χ1v) is 10.9. The van der Waals surface area contributed by atoms with Gasteiger partial charge in [0.25, 0.3) is 0 Å². The van der Waals surface area contributed by atoms with Gasteiger partial charge < -0.3 is 5.32 Å². The average molecular weight is 407 g/mol. The highest BCUT2D eigenvalue weighted by molar-refractivity contribution is 5.58. The van der Waals surface area contributed by atoms with Crippen LogP contribution < -0.4 is 5.32 Å². The predicted octanol–water partition coefficient (Wildman–Crippen LogP) is 5.52. The molecular weight excluding hydrogens is 375 g/mol. The van der Waals surface area contributed by atoms with Gasteiger partial charge in [-0.1, -0.05) is 52.0 Å². The number of rotatable bonds is 5. The lowest BCUT2D eigenvalue weighted by molar-refractivity contribution is 0.207. The Morgan fingerprint density at radius 1 is 1.10 bits per heavy atom. The minimum absolute atomic E-state index is 0.254. The fraction of sp³-hybridized carbons (Fsp3) is 0.440. The van der Waals surface area contributed by atoms with Crippen LogP contribution in [0, 0.1) is 11.2 Å². The third-order valence-electron chi connectivity index (χ3n) is 6.02. The molecule has 0 saturated carbocycles. The minimum atomic E-state index is -0.254. The van der Waals surface area contributed by atoms with E-state index in [2.05, 4.69) is 57.3 Å². The van der Waals surface area contributed by atoms with Crippen LogP contribution in [0.2, 0.25) is 0 Å². The molecule has 1 fully saturated rings. The zero-order valence-corrected chi connectivity index (χ0v) is 18.3. The Bertz CT molecular complexity index is 987. The standard InChI is InChI=1S/C25H31FN4/c1-17(2)18-5-7-19(8-6-18)24-28-23(15-21-16-25(3,4)13-14-27-21)29-30(24)22-11-9-20(26)10-12-22/h5-12,17,21,27H,13-16H2,1-4H3. The summed E-state index contributed by atoms with van der Waals surface area (Å²) in [6.45, 7) is 10.1. The molecule has 1 unspecified atom stereocenters. The zero-order chi connectivity index (χ0) is 21.3. The summed E-state index contributed by atoms with van der Waals surface area (Å²) >= 11 is 0. The maximum atomic E-state index is 13.5. The maximum Gasteiger partial charge on any atom is 0.163 e. The topological polar surface area (TPSA) is 42.7 Å². The van der Waals surface area contributed by atoms with Crippen molar-refractivity contribution in [3.05, 3.63) is 65.7 Å². The Balaban J connectivity index is 1.69. The van der Waals surface area contributed by atoms with Crippen molar-refractivity contribution in [3.63, 3.8) is 0 Å². The molecule has 1 aromatic heterocycles. The summed E-state index contributed by atoms with van der Waals surface area (Å²) in [6, 6.07) is 15.3. The van der Waals surface area contributed by atoms with Gasteiger partial charge in [-0.3, -0.25) is 0 Å². The molecule has 0 spiro atoms. The predicted molar refractivity (Wildman–Crippen MR) is 119 cm³/mol. The van der Waals surface area contributed by atoms with Gasteiger partial charge in [0.1, 0.15) is 5.82 Å². The fourth-order valence-electron chi connectivity index (χ4n) is 4.23. The SMILES string of the molecule is CC(C)c1ccc(-c2nc(CC3CC(C)(C)CCN3)nn2-c2ccc(F)cc2)cc1. The molecule has 2 heterocycles. The van der Waals surface area contributed by atoms with Crippen LogP contribution in [-0.2, 0) is 6.42 Å². The van der Waals surface area contributed by atoms with Crippen molar-refractivity contribution >= 4 is 0 Å². The van der Waals surface area contributed by atoms with Crippen LogP contribution in [0.15, 0.2) is 48.5 Å². The first kappa shape index (κ1) is 20.7. The minimum Gasteiger partial charge on any atom is -0.313 e. The van der Waals surface area contributed by atoms with E-state index in [1.807, 2.05) is 4.68 Å². The molecule has 0 radical (unpaired) electrons. The first-order valence-electron chi connectivity index (χ1n) is 10.9. The van der Waals surface area contributed by atoms with Gasteiger partial charge in [0, 0.05) is 18.0 Å². The van der Waals surface area contributed by atoms with E-state index in [0.29, 0.717) is 17.4 Å². The van der Waals surface area contributed by atoms with E-state index in [1.54, 1.807) is 12.1 Å². The van der Waals surface area contributed by atoms with Crippen LogP contribution in [-0.4, -0.2) is 27.4 Å².